The highest BCUT2D eigenvalue weighted by Crippen LogP contribution is 2.36. The first kappa shape index (κ1) is 18.5. The Morgan fingerprint density at radius 3 is 2.22 bits per heavy atom. The van der Waals surface area contributed by atoms with Gasteiger partial charge in [0.2, 0.25) is 0 Å². The van der Waals surface area contributed by atoms with Crippen molar-refractivity contribution in [3.63, 3.8) is 0 Å². The van der Waals surface area contributed by atoms with E-state index >= 15 is 0 Å². The van der Waals surface area contributed by atoms with Gasteiger partial charge in [0, 0.05) is 46.2 Å². The standard InChI is InChI=1S/C29H21N3/c1-32-27-13-6-5-11-23(27)24-15-14-21(19-28(24)32)22-16-17-25(20-9-3-2-4-10-20)31-29(22)26-12-7-8-18-30-26/h2-19H,1H3. The summed E-state index contributed by atoms with van der Waals surface area (Å²) in [6, 6.07) is 35.8. The molecule has 0 bridgehead atoms. The van der Waals surface area contributed by atoms with Crippen LogP contribution in [0.3, 0.4) is 0 Å². The van der Waals surface area contributed by atoms with Crippen LogP contribution in [0, 0.1) is 0 Å². The fraction of sp³-hybridized carbons (Fsp3) is 0.0345. The summed E-state index contributed by atoms with van der Waals surface area (Å²) in [4.78, 5) is 9.68. The molecule has 0 atom stereocenters. The van der Waals surface area contributed by atoms with E-state index in [2.05, 4.69) is 83.3 Å². The third kappa shape index (κ3) is 2.98. The summed E-state index contributed by atoms with van der Waals surface area (Å²) >= 11 is 0. The summed E-state index contributed by atoms with van der Waals surface area (Å²) in [5, 5.41) is 2.54. The number of fused-ring (bicyclic) bond motifs is 3. The van der Waals surface area contributed by atoms with Gasteiger partial charge in [-0.2, -0.15) is 0 Å². The Balaban J connectivity index is 1.58. The first-order chi connectivity index (χ1) is 15.8. The smallest absolute Gasteiger partial charge is 0.0971 e. The number of nitrogens with zero attached hydrogens (tertiary/aromatic N) is 3. The normalized spacial score (nSPS) is 11.3. The Labute approximate surface area is 186 Å². The molecule has 0 unspecified atom stereocenters. The molecule has 0 N–H and O–H groups in total. The summed E-state index contributed by atoms with van der Waals surface area (Å²) < 4.78 is 2.26. The summed E-state index contributed by atoms with van der Waals surface area (Å²) in [6.07, 6.45) is 1.82. The topological polar surface area (TPSA) is 30.7 Å². The number of hydrogen-bond acceptors (Lipinski definition) is 2. The molecule has 3 nitrogen and oxygen atoms in total. The molecule has 0 amide bonds. The fourth-order valence-electron chi connectivity index (χ4n) is 4.49. The minimum atomic E-state index is 0.873. The van der Waals surface area contributed by atoms with Crippen molar-refractivity contribution in [2.75, 3.05) is 0 Å². The molecule has 32 heavy (non-hydrogen) atoms. The van der Waals surface area contributed by atoms with E-state index < -0.39 is 0 Å². The van der Waals surface area contributed by atoms with E-state index in [9.17, 15) is 0 Å². The van der Waals surface area contributed by atoms with Crippen LogP contribution >= 0.6 is 0 Å². The predicted octanol–water partition coefficient (Wildman–Crippen LogP) is 7.12. The second-order valence-corrected chi connectivity index (χ2v) is 7.98. The molecule has 3 heterocycles. The van der Waals surface area contributed by atoms with Gasteiger partial charge in [0.25, 0.3) is 0 Å². The maximum atomic E-state index is 5.07. The van der Waals surface area contributed by atoms with Gasteiger partial charge in [-0.05, 0) is 42.0 Å². The lowest BCUT2D eigenvalue weighted by Gasteiger charge is -2.12. The van der Waals surface area contributed by atoms with Gasteiger partial charge >= 0.3 is 0 Å². The Kier molecular flexibility index (Phi) is 4.32. The van der Waals surface area contributed by atoms with Crippen molar-refractivity contribution in [2.24, 2.45) is 7.05 Å². The molecule has 0 aliphatic rings. The van der Waals surface area contributed by atoms with Crippen LogP contribution in [-0.2, 0) is 7.05 Å². The van der Waals surface area contributed by atoms with Gasteiger partial charge in [0.05, 0.1) is 17.1 Å². The van der Waals surface area contributed by atoms with Crippen LogP contribution in [0.15, 0.2) is 109 Å². The summed E-state index contributed by atoms with van der Waals surface area (Å²) in [5.41, 5.74) is 8.47. The fourth-order valence-corrected chi connectivity index (χ4v) is 4.49. The molecule has 3 aromatic carbocycles. The lowest BCUT2D eigenvalue weighted by molar-refractivity contribution is 1.01. The molecule has 0 aliphatic heterocycles. The lowest BCUT2D eigenvalue weighted by atomic mass is 9.98. The van der Waals surface area contributed by atoms with E-state index in [0.29, 0.717) is 0 Å². The molecule has 3 heteroatoms. The lowest BCUT2D eigenvalue weighted by Crippen LogP contribution is -1.95. The van der Waals surface area contributed by atoms with Crippen LogP contribution in [0.4, 0.5) is 0 Å². The number of pyridine rings is 2. The molecule has 152 valence electrons. The van der Waals surface area contributed by atoms with E-state index in [4.69, 9.17) is 4.98 Å². The molecule has 0 fully saturated rings. The van der Waals surface area contributed by atoms with Crippen LogP contribution in [-0.4, -0.2) is 14.5 Å². The van der Waals surface area contributed by atoms with Gasteiger partial charge in [-0.25, -0.2) is 4.98 Å². The third-order valence-corrected chi connectivity index (χ3v) is 6.10. The SMILES string of the molecule is Cn1c2ccccc2c2ccc(-c3ccc(-c4ccccc4)nc3-c3ccccn3)cc21. The van der Waals surface area contributed by atoms with Gasteiger partial charge in [0.15, 0.2) is 0 Å². The summed E-state index contributed by atoms with van der Waals surface area (Å²) in [6.45, 7) is 0. The zero-order valence-electron chi connectivity index (χ0n) is 17.7. The monoisotopic (exact) mass is 411 g/mol. The molecular formula is C29H21N3. The average molecular weight is 412 g/mol. The molecule has 0 aliphatic carbocycles. The first-order valence-corrected chi connectivity index (χ1v) is 10.7. The zero-order valence-corrected chi connectivity index (χ0v) is 17.7. The van der Waals surface area contributed by atoms with E-state index in [1.165, 1.54) is 21.8 Å². The highest BCUT2D eigenvalue weighted by molar-refractivity contribution is 6.09. The van der Waals surface area contributed by atoms with Crippen molar-refractivity contribution in [1.82, 2.24) is 14.5 Å². The van der Waals surface area contributed by atoms with Crippen molar-refractivity contribution in [3.05, 3.63) is 109 Å². The second kappa shape index (κ2) is 7.47. The molecule has 6 aromatic rings. The molecule has 3 aromatic heterocycles. The predicted molar refractivity (Wildman–Crippen MR) is 132 cm³/mol. The van der Waals surface area contributed by atoms with Crippen LogP contribution in [0.2, 0.25) is 0 Å². The molecule has 6 rings (SSSR count). The van der Waals surface area contributed by atoms with Crippen LogP contribution in [0.1, 0.15) is 0 Å². The van der Waals surface area contributed by atoms with E-state index in [1.54, 1.807) is 0 Å². The van der Waals surface area contributed by atoms with Crippen molar-refractivity contribution < 1.29 is 0 Å². The van der Waals surface area contributed by atoms with Crippen molar-refractivity contribution >= 4 is 21.8 Å². The Morgan fingerprint density at radius 1 is 0.594 bits per heavy atom. The van der Waals surface area contributed by atoms with E-state index in [-0.39, 0.29) is 0 Å². The van der Waals surface area contributed by atoms with Gasteiger partial charge in [0.1, 0.15) is 0 Å². The van der Waals surface area contributed by atoms with Gasteiger partial charge in [-0.1, -0.05) is 66.7 Å². The Bertz CT molecular complexity index is 1560. The van der Waals surface area contributed by atoms with E-state index in [1.807, 2.05) is 42.6 Å². The first-order valence-electron chi connectivity index (χ1n) is 10.7. The highest BCUT2D eigenvalue weighted by Gasteiger charge is 2.15. The number of aromatic nitrogens is 3. The quantitative estimate of drug-likeness (QED) is 0.310. The minimum absolute atomic E-state index is 0.873. The molecule has 0 saturated heterocycles. The van der Waals surface area contributed by atoms with Gasteiger partial charge in [-0.15, -0.1) is 0 Å². The van der Waals surface area contributed by atoms with Crippen LogP contribution in [0.25, 0.3) is 55.6 Å². The maximum Gasteiger partial charge on any atom is 0.0971 e. The zero-order chi connectivity index (χ0) is 21.5. The number of benzene rings is 3. The van der Waals surface area contributed by atoms with Gasteiger partial charge in [-0.3, -0.25) is 4.98 Å². The molecule has 0 spiro atoms. The van der Waals surface area contributed by atoms with Crippen molar-refractivity contribution in [1.29, 1.82) is 0 Å². The van der Waals surface area contributed by atoms with Crippen molar-refractivity contribution in [3.8, 4) is 33.8 Å². The maximum absolute atomic E-state index is 5.07. The Morgan fingerprint density at radius 2 is 1.38 bits per heavy atom. The molecular weight excluding hydrogens is 390 g/mol. The third-order valence-electron chi connectivity index (χ3n) is 6.10. The largest absolute Gasteiger partial charge is 0.344 e. The van der Waals surface area contributed by atoms with Crippen LogP contribution < -0.4 is 0 Å². The number of hydrogen-bond donors (Lipinski definition) is 0. The Hall–Kier alpha value is -4.24. The summed E-state index contributed by atoms with van der Waals surface area (Å²) in [7, 11) is 2.13. The van der Waals surface area contributed by atoms with Gasteiger partial charge < -0.3 is 4.57 Å². The number of rotatable bonds is 3. The van der Waals surface area contributed by atoms with Crippen LogP contribution in [0.5, 0.6) is 0 Å². The van der Waals surface area contributed by atoms with E-state index in [0.717, 1.165) is 33.8 Å². The average Bonchev–Trinajstić information content (AvgIpc) is 3.16. The molecule has 0 saturated carbocycles. The van der Waals surface area contributed by atoms with Crippen molar-refractivity contribution in [2.45, 2.75) is 0 Å². The highest BCUT2D eigenvalue weighted by atomic mass is 14.9. The minimum Gasteiger partial charge on any atom is -0.344 e. The second-order valence-electron chi connectivity index (χ2n) is 7.98. The number of para-hydroxylation sites is 1. The molecule has 0 radical (unpaired) electrons. The number of aryl methyl sites for hydroxylation is 1. The summed E-state index contributed by atoms with van der Waals surface area (Å²) in [5.74, 6) is 0.